The smallest absolute Gasteiger partial charge is 0.335 e. The Morgan fingerprint density at radius 3 is 2.64 bits per heavy atom. The van der Waals surface area contributed by atoms with Crippen molar-refractivity contribution in [1.29, 1.82) is 0 Å². The van der Waals surface area contributed by atoms with E-state index in [0.717, 1.165) is 55.2 Å². The Bertz CT molecular complexity index is 684. The lowest BCUT2D eigenvalue weighted by molar-refractivity contribution is 0.0695. The first kappa shape index (κ1) is 15.1. The van der Waals surface area contributed by atoms with Gasteiger partial charge < -0.3 is 10.1 Å². The van der Waals surface area contributed by atoms with E-state index >= 15 is 0 Å². The molecule has 0 amide bonds. The van der Waals surface area contributed by atoms with Gasteiger partial charge >= 0.3 is 5.97 Å². The highest BCUT2D eigenvalue weighted by Crippen LogP contribution is 2.33. The Labute approximate surface area is 131 Å². The summed E-state index contributed by atoms with van der Waals surface area (Å²) in [6.45, 7) is 6.57. The molecule has 0 saturated carbocycles. The van der Waals surface area contributed by atoms with Gasteiger partial charge in [-0.05, 0) is 62.0 Å². The third-order valence-corrected chi connectivity index (χ3v) is 4.70. The van der Waals surface area contributed by atoms with E-state index in [1.54, 1.807) is 6.07 Å². The summed E-state index contributed by atoms with van der Waals surface area (Å²) in [7, 11) is 0. The number of hydrogen-bond acceptors (Lipinski definition) is 2. The van der Waals surface area contributed by atoms with Crippen LogP contribution in [0.4, 0.5) is 0 Å². The van der Waals surface area contributed by atoms with Crippen LogP contribution in [0.2, 0.25) is 0 Å². The number of nitrogens with one attached hydrogen (secondary N) is 1. The molecule has 0 saturated heterocycles. The first-order valence-electron chi connectivity index (χ1n) is 8.24. The Balaban J connectivity index is 2.02. The lowest BCUT2D eigenvalue weighted by atomic mass is 9.85. The normalized spacial score (nSPS) is 17.3. The van der Waals surface area contributed by atoms with Crippen LogP contribution in [0, 0.1) is 0 Å². The minimum absolute atomic E-state index is 0.409. The van der Waals surface area contributed by atoms with Gasteiger partial charge in [-0.15, -0.1) is 0 Å². The van der Waals surface area contributed by atoms with Gasteiger partial charge in [0.05, 0.1) is 5.56 Å². The minimum atomic E-state index is -0.817. The maximum absolute atomic E-state index is 11.6. The zero-order valence-corrected chi connectivity index (χ0v) is 13.4. The number of hydrogen-bond donors (Lipinski definition) is 2. The van der Waals surface area contributed by atoms with Crippen molar-refractivity contribution in [3.05, 3.63) is 35.0 Å². The summed E-state index contributed by atoms with van der Waals surface area (Å²) in [4.78, 5) is 17.4. The molecule has 0 radical (unpaired) electrons. The number of carboxylic acid groups (broad SMARTS) is 1. The molecule has 1 aromatic heterocycles. The number of benzene rings is 1. The zero-order valence-electron chi connectivity index (χ0n) is 13.4. The van der Waals surface area contributed by atoms with Crippen LogP contribution in [0.25, 0.3) is 10.9 Å². The molecule has 3 rings (SSSR count). The molecule has 2 N–H and O–H groups in total. The third kappa shape index (κ3) is 2.52. The number of nitrogens with zero attached hydrogens (tertiary/aromatic N) is 1. The maximum Gasteiger partial charge on any atom is 0.335 e. The van der Waals surface area contributed by atoms with E-state index in [1.165, 1.54) is 5.56 Å². The van der Waals surface area contributed by atoms with Gasteiger partial charge in [0.25, 0.3) is 0 Å². The van der Waals surface area contributed by atoms with Gasteiger partial charge in [0.1, 0.15) is 0 Å². The highest BCUT2D eigenvalue weighted by molar-refractivity contribution is 5.98. The van der Waals surface area contributed by atoms with Crippen LogP contribution < -0.4 is 0 Å². The number of rotatable bonds is 6. The van der Waals surface area contributed by atoms with Crippen LogP contribution in [-0.2, 0) is 12.8 Å². The number of carbonyl (C=O) groups is 1. The average Bonchev–Trinajstić information content (AvgIpc) is 2.91. The summed E-state index contributed by atoms with van der Waals surface area (Å²) in [5.41, 5.74) is 3.80. The monoisotopic (exact) mass is 300 g/mol. The zero-order chi connectivity index (χ0) is 15.7. The second kappa shape index (κ2) is 6.13. The summed E-state index contributed by atoms with van der Waals surface area (Å²) in [6.07, 6.45) is 6.17. The molecule has 4 nitrogen and oxygen atoms in total. The van der Waals surface area contributed by atoms with Crippen molar-refractivity contribution in [1.82, 2.24) is 9.88 Å². The molecule has 22 heavy (non-hydrogen) atoms. The molecule has 0 aliphatic heterocycles. The van der Waals surface area contributed by atoms with E-state index in [9.17, 15) is 9.90 Å². The number of aromatic carboxylic acids is 1. The molecule has 1 atom stereocenters. The van der Waals surface area contributed by atoms with E-state index in [2.05, 4.69) is 29.9 Å². The molecule has 4 heteroatoms. The fourth-order valence-electron chi connectivity index (χ4n) is 3.82. The molecule has 0 fully saturated rings. The van der Waals surface area contributed by atoms with Gasteiger partial charge in [0.15, 0.2) is 0 Å². The van der Waals surface area contributed by atoms with E-state index < -0.39 is 5.97 Å². The van der Waals surface area contributed by atoms with Crippen LogP contribution in [0.15, 0.2) is 18.3 Å². The Morgan fingerprint density at radius 2 is 2.00 bits per heavy atom. The van der Waals surface area contributed by atoms with E-state index in [0.29, 0.717) is 11.6 Å². The van der Waals surface area contributed by atoms with E-state index in [-0.39, 0.29) is 0 Å². The molecular weight excluding hydrogens is 276 g/mol. The fraction of sp³-hybridized carbons (Fsp3) is 0.500. The van der Waals surface area contributed by atoms with Crippen molar-refractivity contribution < 1.29 is 9.90 Å². The van der Waals surface area contributed by atoms with Crippen molar-refractivity contribution in [3.8, 4) is 0 Å². The van der Waals surface area contributed by atoms with Gasteiger partial charge in [-0.25, -0.2) is 4.79 Å². The summed E-state index contributed by atoms with van der Waals surface area (Å²) in [5, 5.41) is 10.7. The Morgan fingerprint density at radius 1 is 1.27 bits per heavy atom. The molecule has 0 spiro atoms. The molecule has 1 aliphatic carbocycles. The van der Waals surface area contributed by atoms with Crippen LogP contribution >= 0.6 is 0 Å². The largest absolute Gasteiger partial charge is 0.478 e. The lowest BCUT2D eigenvalue weighted by Gasteiger charge is -2.34. The summed E-state index contributed by atoms with van der Waals surface area (Å²) < 4.78 is 0. The van der Waals surface area contributed by atoms with E-state index in [1.807, 2.05) is 6.07 Å². The number of carboxylic acids is 1. The predicted molar refractivity (Wildman–Crippen MR) is 88.6 cm³/mol. The van der Waals surface area contributed by atoms with Crippen molar-refractivity contribution in [2.24, 2.45) is 0 Å². The molecule has 1 heterocycles. The third-order valence-electron chi connectivity index (χ3n) is 4.70. The van der Waals surface area contributed by atoms with Crippen LogP contribution in [-0.4, -0.2) is 40.1 Å². The summed E-state index contributed by atoms with van der Waals surface area (Å²) in [5.74, 6) is -0.817. The molecule has 0 unspecified atom stereocenters. The predicted octanol–water partition coefficient (Wildman–Crippen LogP) is 3.46. The molecule has 2 aromatic rings. The van der Waals surface area contributed by atoms with E-state index in [4.69, 9.17) is 0 Å². The highest BCUT2D eigenvalue weighted by Gasteiger charge is 2.28. The maximum atomic E-state index is 11.6. The first-order valence-corrected chi connectivity index (χ1v) is 8.24. The minimum Gasteiger partial charge on any atom is -0.478 e. The van der Waals surface area contributed by atoms with Gasteiger partial charge in [-0.1, -0.05) is 13.8 Å². The highest BCUT2D eigenvalue weighted by atomic mass is 16.4. The number of H-pyrrole nitrogens is 1. The average molecular weight is 300 g/mol. The lowest BCUT2D eigenvalue weighted by Crippen LogP contribution is -2.41. The molecule has 1 aromatic carbocycles. The SMILES string of the molecule is CCCN(CCC)[C@H]1Cc2c[nH]c3ccc(C(=O)O)c(c23)C1. The Kier molecular flexibility index (Phi) is 4.21. The van der Waals surface area contributed by atoms with Gasteiger partial charge in [0, 0.05) is 23.1 Å². The summed E-state index contributed by atoms with van der Waals surface area (Å²) >= 11 is 0. The number of aromatic amines is 1. The number of aromatic nitrogens is 1. The van der Waals surface area contributed by atoms with Gasteiger partial charge in [-0.2, -0.15) is 0 Å². The first-order chi connectivity index (χ1) is 10.7. The quantitative estimate of drug-likeness (QED) is 0.859. The molecular formula is C18H24N2O2. The van der Waals surface area contributed by atoms with Crippen LogP contribution in [0.1, 0.15) is 48.2 Å². The second-order valence-electron chi connectivity index (χ2n) is 6.23. The second-order valence-corrected chi connectivity index (χ2v) is 6.23. The van der Waals surface area contributed by atoms with Gasteiger partial charge in [-0.3, -0.25) is 4.90 Å². The standard InChI is InChI=1S/C18H24N2O2/c1-3-7-20(8-4-2)13-9-12-11-19-16-6-5-14(18(21)22)15(10-13)17(12)16/h5-6,11,13,19H,3-4,7-10H2,1-2H3,(H,21,22)/t13-/m0/s1. The van der Waals surface area contributed by atoms with Crippen molar-refractivity contribution in [3.63, 3.8) is 0 Å². The van der Waals surface area contributed by atoms with Crippen molar-refractivity contribution in [2.45, 2.75) is 45.6 Å². The Hall–Kier alpha value is -1.81. The summed E-state index contributed by atoms with van der Waals surface area (Å²) in [6, 6.07) is 4.04. The van der Waals surface area contributed by atoms with Crippen LogP contribution in [0.5, 0.6) is 0 Å². The molecule has 1 aliphatic rings. The fourth-order valence-corrected chi connectivity index (χ4v) is 3.82. The van der Waals surface area contributed by atoms with Crippen LogP contribution in [0.3, 0.4) is 0 Å². The van der Waals surface area contributed by atoms with Crippen molar-refractivity contribution in [2.75, 3.05) is 13.1 Å². The van der Waals surface area contributed by atoms with Gasteiger partial charge in [0.2, 0.25) is 0 Å². The molecule has 0 bridgehead atoms. The topological polar surface area (TPSA) is 56.3 Å². The van der Waals surface area contributed by atoms with Crippen molar-refractivity contribution >= 4 is 16.9 Å². The molecule has 118 valence electrons.